The van der Waals surface area contributed by atoms with Crippen molar-refractivity contribution in [2.24, 2.45) is 0 Å². The van der Waals surface area contributed by atoms with E-state index in [1.807, 2.05) is 24.3 Å². The summed E-state index contributed by atoms with van der Waals surface area (Å²) in [5.74, 6) is 0. The molecule has 0 aliphatic heterocycles. The highest BCUT2D eigenvalue weighted by Crippen LogP contribution is 2.34. The molecule has 17 heavy (non-hydrogen) atoms. The number of aromatic nitrogens is 2. The Hall–Kier alpha value is -1.46. The number of anilines is 1. The van der Waals surface area contributed by atoms with Gasteiger partial charge in [0, 0.05) is 21.9 Å². The van der Waals surface area contributed by atoms with Crippen molar-refractivity contribution in [2.75, 3.05) is 5.73 Å². The van der Waals surface area contributed by atoms with Gasteiger partial charge in [0.1, 0.15) is 10.5 Å². The lowest BCUT2D eigenvalue weighted by molar-refractivity contribution is 1.34. The number of nitrogen functional groups attached to an aromatic ring is 1. The Morgan fingerprint density at radius 2 is 2.12 bits per heavy atom. The fourth-order valence-electron chi connectivity index (χ4n) is 1.62. The second-order valence-electron chi connectivity index (χ2n) is 3.59. The van der Waals surface area contributed by atoms with Gasteiger partial charge in [-0.2, -0.15) is 0 Å². The van der Waals surface area contributed by atoms with Crippen molar-refractivity contribution in [3.8, 4) is 10.6 Å². The van der Waals surface area contributed by atoms with Crippen LogP contribution in [0.15, 0.2) is 41.1 Å². The van der Waals surface area contributed by atoms with Gasteiger partial charge in [-0.1, -0.05) is 15.9 Å². The molecular formula is C12H8BrN3S. The molecule has 1 aromatic carbocycles. The number of fused-ring (bicyclic) bond motifs is 1. The van der Waals surface area contributed by atoms with Crippen molar-refractivity contribution >= 4 is 43.2 Å². The number of pyridine rings is 1. The Morgan fingerprint density at radius 3 is 2.88 bits per heavy atom. The minimum absolute atomic E-state index is 0.728. The zero-order valence-corrected chi connectivity index (χ0v) is 11.1. The smallest absolute Gasteiger partial charge is 0.126 e. The summed E-state index contributed by atoms with van der Waals surface area (Å²) in [5.41, 5.74) is 8.60. The highest BCUT2D eigenvalue weighted by Gasteiger charge is 2.09. The number of nitrogens with zero attached hydrogens (tertiary/aromatic N) is 2. The van der Waals surface area contributed by atoms with E-state index in [-0.39, 0.29) is 0 Å². The molecule has 0 saturated carbocycles. The molecule has 0 saturated heterocycles. The van der Waals surface area contributed by atoms with E-state index in [0.717, 1.165) is 30.9 Å². The Kier molecular flexibility index (Phi) is 2.57. The van der Waals surface area contributed by atoms with E-state index in [0.29, 0.717) is 0 Å². The molecule has 0 aliphatic carbocycles. The van der Waals surface area contributed by atoms with Crippen LogP contribution in [-0.2, 0) is 0 Å². The number of hydrogen-bond acceptors (Lipinski definition) is 4. The highest BCUT2D eigenvalue weighted by molar-refractivity contribution is 9.10. The van der Waals surface area contributed by atoms with Gasteiger partial charge >= 0.3 is 0 Å². The molecule has 0 aliphatic rings. The van der Waals surface area contributed by atoms with Crippen LogP contribution in [-0.4, -0.2) is 9.97 Å². The third kappa shape index (κ3) is 1.92. The first kappa shape index (κ1) is 10.7. The molecular weight excluding hydrogens is 298 g/mol. The van der Waals surface area contributed by atoms with Crippen LogP contribution >= 0.6 is 27.3 Å². The highest BCUT2D eigenvalue weighted by atomic mass is 79.9. The maximum atomic E-state index is 6.00. The van der Waals surface area contributed by atoms with Gasteiger partial charge in [-0.15, -0.1) is 11.3 Å². The van der Waals surface area contributed by atoms with Crippen molar-refractivity contribution in [1.82, 2.24) is 9.97 Å². The van der Waals surface area contributed by atoms with Crippen LogP contribution in [0.1, 0.15) is 0 Å². The largest absolute Gasteiger partial charge is 0.398 e. The third-order valence-electron chi connectivity index (χ3n) is 2.43. The Morgan fingerprint density at radius 1 is 1.24 bits per heavy atom. The van der Waals surface area contributed by atoms with Gasteiger partial charge in [-0.3, -0.25) is 4.98 Å². The summed E-state index contributed by atoms with van der Waals surface area (Å²) in [4.78, 5) is 8.60. The molecule has 0 atom stereocenters. The maximum Gasteiger partial charge on any atom is 0.126 e. The molecule has 2 heterocycles. The lowest BCUT2D eigenvalue weighted by Gasteiger charge is -2.01. The van der Waals surface area contributed by atoms with E-state index in [2.05, 4.69) is 25.9 Å². The molecule has 0 fully saturated rings. The number of rotatable bonds is 1. The first-order valence-electron chi connectivity index (χ1n) is 5.00. The van der Waals surface area contributed by atoms with E-state index in [4.69, 9.17) is 5.73 Å². The summed E-state index contributed by atoms with van der Waals surface area (Å²) in [6.45, 7) is 0. The minimum atomic E-state index is 0.728. The molecule has 5 heteroatoms. The molecule has 0 unspecified atom stereocenters. The van der Waals surface area contributed by atoms with E-state index in [1.54, 1.807) is 23.7 Å². The zero-order valence-electron chi connectivity index (χ0n) is 8.72. The van der Waals surface area contributed by atoms with Crippen molar-refractivity contribution in [3.05, 3.63) is 41.1 Å². The van der Waals surface area contributed by atoms with Crippen molar-refractivity contribution in [3.63, 3.8) is 0 Å². The van der Waals surface area contributed by atoms with Crippen LogP contribution in [0.3, 0.4) is 0 Å². The van der Waals surface area contributed by atoms with E-state index >= 15 is 0 Å². The predicted molar refractivity (Wildman–Crippen MR) is 75.0 cm³/mol. The number of hydrogen-bond donors (Lipinski definition) is 1. The monoisotopic (exact) mass is 305 g/mol. The van der Waals surface area contributed by atoms with Gasteiger partial charge in [0.25, 0.3) is 0 Å². The van der Waals surface area contributed by atoms with Gasteiger partial charge in [-0.25, -0.2) is 4.98 Å². The molecule has 0 radical (unpaired) electrons. The molecule has 3 rings (SSSR count). The summed E-state index contributed by atoms with van der Waals surface area (Å²) < 4.78 is 2.10. The predicted octanol–water partition coefficient (Wildman–Crippen LogP) is 3.70. The van der Waals surface area contributed by atoms with Crippen molar-refractivity contribution in [1.29, 1.82) is 0 Å². The van der Waals surface area contributed by atoms with Crippen LogP contribution in [0.25, 0.3) is 20.8 Å². The third-order valence-corrected chi connectivity index (χ3v) is 4.00. The van der Waals surface area contributed by atoms with Gasteiger partial charge in [0.15, 0.2) is 0 Å². The van der Waals surface area contributed by atoms with Gasteiger partial charge in [-0.05, 0) is 24.3 Å². The zero-order chi connectivity index (χ0) is 11.8. The van der Waals surface area contributed by atoms with Crippen LogP contribution in [0.4, 0.5) is 5.69 Å². The molecule has 2 aromatic heterocycles. The number of thiazole rings is 1. The minimum Gasteiger partial charge on any atom is -0.398 e. The molecule has 0 spiro atoms. The topological polar surface area (TPSA) is 51.8 Å². The average molecular weight is 306 g/mol. The molecule has 2 N–H and O–H groups in total. The van der Waals surface area contributed by atoms with Crippen molar-refractivity contribution in [2.45, 2.75) is 0 Å². The van der Waals surface area contributed by atoms with E-state index in [9.17, 15) is 0 Å². The Labute approximate surface area is 110 Å². The van der Waals surface area contributed by atoms with Crippen LogP contribution < -0.4 is 5.73 Å². The lowest BCUT2D eigenvalue weighted by atomic mass is 10.2. The van der Waals surface area contributed by atoms with E-state index in [1.165, 1.54) is 0 Å². The molecule has 3 nitrogen and oxygen atoms in total. The summed E-state index contributed by atoms with van der Waals surface area (Å²) in [7, 11) is 0. The fraction of sp³-hybridized carbons (Fsp3) is 0. The summed E-state index contributed by atoms with van der Waals surface area (Å²) >= 11 is 5.02. The van der Waals surface area contributed by atoms with Gasteiger partial charge in [0.05, 0.1) is 10.9 Å². The fourth-order valence-corrected chi connectivity index (χ4v) is 2.98. The number of halogens is 1. The van der Waals surface area contributed by atoms with Crippen LogP contribution in [0.5, 0.6) is 0 Å². The van der Waals surface area contributed by atoms with Crippen molar-refractivity contribution < 1.29 is 0 Å². The first-order chi connectivity index (χ1) is 8.24. The Bertz CT molecular complexity index is 660. The summed E-state index contributed by atoms with van der Waals surface area (Å²) in [5, 5.41) is 0.929. The van der Waals surface area contributed by atoms with Gasteiger partial charge in [0.2, 0.25) is 0 Å². The second-order valence-corrected chi connectivity index (χ2v) is 5.54. The molecule has 0 bridgehead atoms. The first-order valence-corrected chi connectivity index (χ1v) is 6.61. The molecule has 3 aromatic rings. The standard InChI is InChI=1S/C12H8BrN3S/c13-7-1-2-8(9(14)5-7)12-16-10-6-15-4-3-11(10)17-12/h1-6H,14H2. The van der Waals surface area contributed by atoms with Crippen LogP contribution in [0.2, 0.25) is 0 Å². The van der Waals surface area contributed by atoms with E-state index < -0.39 is 0 Å². The molecule has 84 valence electrons. The lowest BCUT2D eigenvalue weighted by Crippen LogP contribution is -1.89. The molecule has 0 amide bonds. The quantitative estimate of drug-likeness (QED) is 0.697. The average Bonchev–Trinajstić information content (AvgIpc) is 2.72. The maximum absolute atomic E-state index is 6.00. The normalized spacial score (nSPS) is 10.9. The Balaban J connectivity index is 2.20. The SMILES string of the molecule is Nc1cc(Br)ccc1-c1nc2cnccc2s1. The van der Waals surface area contributed by atoms with Crippen LogP contribution in [0, 0.1) is 0 Å². The number of nitrogens with two attached hydrogens (primary N) is 1. The summed E-state index contributed by atoms with van der Waals surface area (Å²) in [6, 6.07) is 7.80. The van der Waals surface area contributed by atoms with Gasteiger partial charge < -0.3 is 5.73 Å². The number of benzene rings is 1. The second kappa shape index (κ2) is 4.09. The summed E-state index contributed by atoms with van der Waals surface area (Å²) in [6.07, 6.45) is 3.54.